The van der Waals surface area contributed by atoms with E-state index in [4.69, 9.17) is 9.57 Å². The Hall–Kier alpha value is -3.54. The summed E-state index contributed by atoms with van der Waals surface area (Å²) in [5.41, 5.74) is 1.05. The Morgan fingerprint density at radius 3 is 2.29 bits per heavy atom. The van der Waals surface area contributed by atoms with Gasteiger partial charge in [0.15, 0.2) is 0 Å². The van der Waals surface area contributed by atoms with Crippen molar-refractivity contribution in [3.63, 3.8) is 0 Å². The molecule has 2 aromatic carbocycles. The molecule has 0 atom stereocenters. The SMILES string of the molecule is CCO/N=C1\C=C\CC/C=C/CCOC(=O)c2c(O)cc(O)cc2C1.c1ccccc1. The van der Waals surface area contributed by atoms with Crippen LogP contribution in [0.1, 0.15) is 42.1 Å². The summed E-state index contributed by atoms with van der Waals surface area (Å²) in [6.07, 6.45) is 10.4. The first kappa shape index (κ1) is 23.7. The van der Waals surface area contributed by atoms with Crippen LogP contribution in [-0.2, 0) is 16.0 Å². The number of rotatable bonds is 2. The first-order chi connectivity index (χ1) is 15.1. The second-order valence-electron chi connectivity index (χ2n) is 6.71. The molecule has 6 heteroatoms. The molecule has 0 amide bonds. The highest BCUT2D eigenvalue weighted by molar-refractivity contribution is 6.00. The molecule has 0 spiro atoms. The van der Waals surface area contributed by atoms with Crippen molar-refractivity contribution < 1.29 is 24.6 Å². The van der Waals surface area contributed by atoms with E-state index in [9.17, 15) is 15.0 Å². The number of phenols is 2. The summed E-state index contributed by atoms with van der Waals surface area (Å²) in [5.74, 6) is -1.08. The quantitative estimate of drug-likeness (QED) is 0.395. The average Bonchev–Trinajstić information content (AvgIpc) is 2.76. The second-order valence-corrected chi connectivity index (χ2v) is 6.71. The molecule has 0 fully saturated rings. The summed E-state index contributed by atoms with van der Waals surface area (Å²) in [5, 5.41) is 23.9. The molecule has 6 nitrogen and oxygen atoms in total. The van der Waals surface area contributed by atoms with E-state index in [0.29, 0.717) is 24.3 Å². The van der Waals surface area contributed by atoms with E-state index in [2.05, 4.69) is 5.16 Å². The molecule has 0 unspecified atom stereocenters. The minimum Gasteiger partial charge on any atom is -0.508 e. The zero-order chi connectivity index (χ0) is 22.3. The van der Waals surface area contributed by atoms with E-state index in [1.54, 1.807) is 0 Å². The lowest BCUT2D eigenvalue weighted by atomic mass is 10.00. The van der Waals surface area contributed by atoms with Gasteiger partial charge in [0.05, 0.1) is 12.3 Å². The van der Waals surface area contributed by atoms with E-state index in [0.717, 1.165) is 18.9 Å². The van der Waals surface area contributed by atoms with Crippen LogP contribution in [0.25, 0.3) is 0 Å². The van der Waals surface area contributed by atoms with Gasteiger partial charge in [0.1, 0.15) is 23.7 Å². The van der Waals surface area contributed by atoms with Crippen molar-refractivity contribution in [3.05, 3.63) is 84.0 Å². The van der Waals surface area contributed by atoms with Gasteiger partial charge in [0.25, 0.3) is 0 Å². The lowest BCUT2D eigenvalue weighted by molar-refractivity contribution is 0.0507. The molecule has 1 aliphatic heterocycles. The molecule has 0 aliphatic carbocycles. The van der Waals surface area contributed by atoms with Gasteiger partial charge in [-0.15, -0.1) is 0 Å². The van der Waals surface area contributed by atoms with Gasteiger partial charge < -0.3 is 19.8 Å². The number of ether oxygens (including phenoxy) is 1. The fourth-order valence-electron chi connectivity index (χ4n) is 2.83. The fourth-order valence-corrected chi connectivity index (χ4v) is 2.83. The highest BCUT2D eigenvalue weighted by atomic mass is 16.6. The van der Waals surface area contributed by atoms with Crippen molar-refractivity contribution in [2.45, 2.75) is 32.6 Å². The van der Waals surface area contributed by atoms with Crippen molar-refractivity contribution in [2.24, 2.45) is 5.16 Å². The average molecular weight is 424 g/mol. The maximum atomic E-state index is 12.4. The topological polar surface area (TPSA) is 88.4 Å². The first-order valence-electron chi connectivity index (χ1n) is 10.3. The number of benzene rings is 2. The molecule has 0 radical (unpaired) electrons. The van der Waals surface area contributed by atoms with Crippen molar-refractivity contribution >= 4 is 11.7 Å². The number of carbonyl (C=O) groups is 1. The van der Waals surface area contributed by atoms with Gasteiger partial charge in [0.2, 0.25) is 0 Å². The Labute approximate surface area is 183 Å². The molecule has 0 saturated carbocycles. The van der Waals surface area contributed by atoms with Crippen molar-refractivity contribution in [1.29, 1.82) is 0 Å². The number of fused-ring (bicyclic) bond motifs is 1. The largest absolute Gasteiger partial charge is 0.508 e. The molecule has 1 aliphatic rings. The minimum atomic E-state index is -0.627. The van der Waals surface area contributed by atoms with Gasteiger partial charge in [-0.1, -0.05) is 59.8 Å². The van der Waals surface area contributed by atoms with Crippen LogP contribution in [-0.4, -0.2) is 35.1 Å². The fraction of sp³-hybridized carbons (Fsp3) is 0.280. The third kappa shape index (κ3) is 8.78. The van der Waals surface area contributed by atoms with E-state index in [-0.39, 0.29) is 30.1 Å². The Morgan fingerprint density at radius 2 is 1.61 bits per heavy atom. The van der Waals surface area contributed by atoms with Crippen molar-refractivity contribution in [3.8, 4) is 11.5 Å². The molecule has 1 heterocycles. The van der Waals surface area contributed by atoms with Crippen molar-refractivity contribution in [2.75, 3.05) is 13.2 Å². The van der Waals surface area contributed by atoms with Crippen LogP contribution in [0.2, 0.25) is 0 Å². The monoisotopic (exact) mass is 423 g/mol. The molecular formula is C25H29NO5. The summed E-state index contributed by atoms with van der Waals surface area (Å²) in [6, 6.07) is 14.6. The number of esters is 1. The number of hydrogen-bond acceptors (Lipinski definition) is 6. The molecular weight excluding hydrogens is 394 g/mol. The molecule has 3 rings (SSSR count). The van der Waals surface area contributed by atoms with E-state index in [1.807, 2.05) is 67.6 Å². The zero-order valence-electron chi connectivity index (χ0n) is 17.7. The number of allylic oxidation sites excluding steroid dienone is 3. The second kappa shape index (κ2) is 13.6. The minimum absolute atomic E-state index is 0.0384. The molecule has 0 aromatic heterocycles. The van der Waals surface area contributed by atoms with E-state index in [1.165, 1.54) is 6.07 Å². The summed E-state index contributed by atoms with van der Waals surface area (Å²) >= 11 is 0. The Balaban J connectivity index is 0.000000488. The number of cyclic esters (lactones) is 1. The van der Waals surface area contributed by atoms with Gasteiger partial charge in [-0.05, 0) is 43.9 Å². The number of nitrogens with zero attached hydrogens (tertiary/aromatic N) is 1. The van der Waals surface area contributed by atoms with Gasteiger partial charge in [0, 0.05) is 12.5 Å². The Kier molecular flexibility index (Phi) is 10.4. The molecule has 2 N–H and O–H groups in total. The van der Waals surface area contributed by atoms with Crippen LogP contribution >= 0.6 is 0 Å². The van der Waals surface area contributed by atoms with Gasteiger partial charge in [-0.2, -0.15) is 0 Å². The summed E-state index contributed by atoms with van der Waals surface area (Å²) in [7, 11) is 0. The predicted molar refractivity (Wildman–Crippen MR) is 121 cm³/mol. The van der Waals surface area contributed by atoms with Crippen LogP contribution in [0.3, 0.4) is 0 Å². The molecule has 0 saturated heterocycles. The van der Waals surface area contributed by atoms with Gasteiger partial charge in [-0.3, -0.25) is 0 Å². The third-order valence-electron chi connectivity index (χ3n) is 4.23. The van der Waals surface area contributed by atoms with Gasteiger partial charge in [-0.25, -0.2) is 4.79 Å². The predicted octanol–water partition coefficient (Wildman–Crippen LogP) is 5.17. The molecule has 2 aromatic rings. The highest BCUT2D eigenvalue weighted by Crippen LogP contribution is 2.29. The maximum Gasteiger partial charge on any atom is 0.342 e. The number of oxime groups is 1. The Bertz CT molecular complexity index is 877. The number of aromatic hydroxyl groups is 2. The standard InChI is InChI=1S/C19H23NO5.C6H6/c1-2-25-20-15-9-7-5-3-4-6-8-10-24-19(23)18-14(11-15)12-16(21)13-17(18)22;1-2-4-6-5-3-1/h4,6-7,9,12-13,21-22H,2-3,5,8,10-11H2,1H3;1-6H/b6-4+,9-7+,20-15+;. The lowest BCUT2D eigenvalue weighted by Gasteiger charge is -2.12. The molecule has 0 bridgehead atoms. The Morgan fingerprint density at radius 1 is 0.968 bits per heavy atom. The van der Waals surface area contributed by atoms with Crippen LogP contribution in [0.5, 0.6) is 11.5 Å². The number of hydrogen-bond donors (Lipinski definition) is 2. The normalized spacial score (nSPS) is 17.8. The van der Waals surface area contributed by atoms with Crippen LogP contribution in [0.4, 0.5) is 0 Å². The summed E-state index contributed by atoms with van der Waals surface area (Å²) in [6.45, 7) is 2.47. The van der Waals surface area contributed by atoms with Gasteiger partial charge >= 0.3 is 5.97 Å². The molecule has 31 heavy (non-hydrogen) atoms. The first-order valence-corrected chi connectivity index (χ1v) is 10.3. The summed E-state index contributed by atoms with van der Waals surface area (Å²) in [4.78, 5) is 17.5. The lowest BCUT2D eigenvalue weighted by Crippen LogP contribution is -2.12. The third-order valence-corrected chi connectivity index (χ3v) is 4.23. The number of carbonyl (C=O) groups excluding carboxylic acids is 1. The highest BCUT2D eigenvalue weighted by Gasteiger charge is 2.20. The van der Waals surface area contributed by atoms with Crippen LogP contribution in [0, 0.1) is 0 Å². The van der Waals surface area contributed by atoms with E-state index >= 15 is 0 Å². The number of phenolic OH excluding ortho intramolecular Hbond substituents is 2. The maximum absolute atomic E-state index is 12.4. The zero-order valence-corrected chi connectivity index (χ0v) is 17.7. The smallest absolute Gasteiger partial charge is 0.342 e. The van der Waals surface area contributed by atoms with Crippen LogP contribution < -0.4 is 0 Å². The summed E-state index contributed by atoms with van der Waals surface area (Å²) < 4.78 is 5.23. The van der Waals surface area contributed by atoms with Crippen LogP contribution in [0.15, 0.2) is 78.0 Å². The molecule has 164 valence electrons. The van der Waals surface area contributed by atoms with Crippen molar-refractivity contribution in [1.82, 2.24) is 0 Å². The van der Waals surface area contributed by atoms with E-state index < -0.39 is 5.97 Å².